The first-order chi connectivity index (χ1) is 11.0. The van der Waals surface area contributed by atoms with Crippen LogP contribution in [0.4, 0.5) is 10.5 Å². The molecule has 1 aliphatic rings. The van der Waals surface area contributed by atoms with E-state index in [9.17, 15) is 13.2 Å². The smallest absolute Gasteiger partial charge is 0.319 e. The van der Waals surface area contributed by atoms with Crippen LogP contribution >= 0.6 is 0 Å². The highest BCUT2D eigenvalue weighted by Crippen LogP contribution is 2.25. The maximum Gasteiger partial charge on any atom is 0.319 e. The minimum Gasteiger partial charge on any atom is -0.334 e. The standard InChI is InChI=1S/C17H18N2O3S/c20-17(19-15-6-2-1-3-7-15)18-12-13-8-9-16-14(11-13)5-4-10-23(16,21)22/h1-3,6-9,11H,4-5,10,12H2,(H2,18,19,20). The molecule has 0 saturated carbocycles. The molecule has 0 atom stereocenters. The molecule has 0 saturated heterocycles. The van der Waals surface area contributed by atoms with Crippen LogP contribution in [0.2, 0.25) is 0 Å². The number of para-hydroxylation sites is 1. The third-order valence-electron chi connectivity index (χ3n) is 3.80. The van der Waals surface area contributed by atoms with E-state index in [4.69, 9.17) is 0 Å². The van der Waals surface area contributed by atoms with E-state index in [1.54, 1.807) is 12.1 Å². The van der Waals surface area contributed by atoms with Gasteiger partial charge in [-0.05, 0) is 42.2 Å². The molecule has 1 heterocycles. The van der Waals surface area contributed by atoms with E-state index in [2.05, 4.69) is 10.6 Å². The van der Waals surface area contributed by atoms with Crippen LogP contribution in [0.3, 0.4) is 0 Å². The molecule has 5 nitrogen and oxygen atoms in total. The average Bonchev–Trinajstić information content (AvgIpc) is 2.53. The molecule has 0 unspecified atom stereocenters. The Morgan fingerprint density at radius 1 is 1.09 bits per heavy atom. The van der Waals surface area contributed by atoms with Gasteiger partial charge in [0.15, 0.2) is 9.84 Å². The van der Waals surface area contributed by atoms with E-state index >= 15 is 0 Å². The second-order valence-corrected chi connectivity index (χ2v) is 7.62. The summed E-state index contributed by atoms with van der Waals surface area (Å²) < 4.78 is 23.9. The highest BCUT2D eigenvalue weighted by molar-refractivity contribution is 7.91. The van der Waals surface area contributed by atoms with Gasteiger partial charge in [-0.15, -0.1) is 0 Å². The first-order valence-corrected chi connectivity index (χ1v) is 9.14. The lowest BCUT2D eigenvalue weighted by molar-refractivity contribution is 0.251. The molecule has 120 valence electrons. The molecule has 2 aromatic carbocycles. The first-order valence-electron chi connectivity index (χ1n) is 7.49. The van der Waals surface area contributed by atoms with Crippen LogP contribution in [-0.2, 0) is 22.8 Å². The summed E-state index contributed by atoms with van der Waals surface area (Å²) >= 11 is 0. The van der Waals surface area contributed by atoms with Crippen LogP contribution in [-0.4, -0.2) is 20.2 Å². The number of hydrogen-bond acceptors (Lipinski definition) is 3. The van der Waals surface area contributed by atoms with E-state index in [-0.39, 0.29) is 11.8 Å². The number of aryl methyl sites for hydroxylation is 1. The monoisotopic (exact) mass is 330 g/mol. The number of nitrogens with one attached hydrogen (secondary N) is 2. The molecule has 1 aliphatic heterocycles. The highest BCUT2D eigenvalue weighted by Gasteiger charge is 2.23. The number of carbonyl (C=O) groups excluding carboxylic acids is 1. The first kappa shape index (κ1) is 15.6. The summed E-state index contributed by atoms with van der Waals surface area (Å²) in [7, 11) is -3.13. The van der Waals surface area contributed by atoms with Gasteiger partial charge in [0.1, 0.15) is 0 Å². The van der Waals surface area contributed by atoms with Crippen molar-refractivity contribution >= 4 is 21.6 Å². The molecule has 0 fully saturated rings. The van der Waals surface area contributed by atoms with Gasteiger partial charge in [-0.25, -0.2) is 13.2 Å². The van der Waals surface area contributed by atoms with Gasteiger partial charge < -0.3 is 10.6 Å². The zero-order valence-electron chi connectivity index (χ0n) is 12.6. The van der Waals surface area contributed by atoms with Crippen LogP contribution < -0.4 is 10.6 Å². The molecule has 3 rings (SSSR count). The van der Waals surface area contributed by atoms with E-state index in [1.165, 1.54) is 0 Å². The topological polar surface area (TPSA) is 75.3 Å². The Morgan fingerprint density at radius 3 is 2.65 bits per heavy atom. The minimum absolute atomic E-state index is 0.219. The minimum atomic E-state index is -3.13. The van der Waals surface area contributed by atoms with Crippen molar-refractivity contribution in [3.8, 4) is 0 Å². The second kappa shape index (κ2) is 6.42. The van der Waals surface area contributed by atoms with Crippen molar-refractivity contribution in [3.63, 3.8) is 0 Å². The van der Waals surface area contributed by atoms with Gasteiger partial charge in [0, 0.05) is 12.2 Å². The summed E-state index contributed by atoms with van der Waals surface area (Å²) in [6.07, 6.45) is 1.42. The van der Waals surface area contributed by atoms with Crippen LogP contribution in [0.1, 0.15) is 17.5 Å². The van der Waals surface area contributed by atoms with Gasteiger partial charge in [-0.3, -0.25) is 0 Å². The molecule has 2 N–H and O–H groups in total. The lowest BCUT2D eigenvalue weighted by Gasteiger charge is -2.17. The Morgan fingerprint density at radius 2 is 1.87 bits per heavy atom. The number of anilines is 1. The number of carbonyl (C=O) groups is 1. The van der Waals surface area contributed by atoms with Crippen molar-refractivity contribution in [1.82, 2.24) is 5.32 Å². The largest absolute Gasteiger partial charge is 0.334 e. The molecule has 0 aliphatic carbocycles. The Labute approximate surface area is 135 Å². The molecule has 0 spiro atoms. The van der Waals surface area contributed by atoms with Crippen LogP contribution in [0, 0.1) is 0 Å². The quantitative estimate of drug-likeness (QED) is 0.908. The van der Waals surface area contributed by atoms with Gasteiger partial charge in [0.2, 0.25) is 0 Å². The fraction of sp³-hybridized carbons (Fsp3) is 0.235. The highest BCUT2D eigenvalue weighted by atomic mass is 32.2. The number of sulfone groups is 1. The number of benzene rings is 2. The molecular formula is C17H18N2O3S. The molecule has 0 aromatic heterocycles. The number of rotatable bonds is 3. The number of amides is 2. The number of urea groups is 1. The van der Waals surface area contributed by atoms with Crippen molar-refractivity contribution in [1.29, 1.82) is 0 Å². The molecule has 2 amide bonds. The summed E-state index contributed by atoms with van der Waals surface area (Å²) in [5, 5.41) is 5.52. The second-order valence-electron chi connectivity index (χ2n) is 5.54. The summed E-state index contributed by atoms with van der Waals surface area (Å²) in [6.45, 7) is 0.353. The maximum absolute atomic E-state index is 12.0. The van der Waals surface area contributed by atoms with Crippen molar-refractivity contribution < 1.29 is 13.2 Å². The van der Waals surface area contributed by atoms with E-state index in [1.807, 2.05) is 36.4 Å². The lowest BCUT2D eigenvalue weighted by Crippen LogP contribution is -2.28. The fourth-order valence-electron chi connectivity index (χ4n) is 2.68. The Kier molecular flexibility index (Phi) is 4.34. The predicted molar refractivity (Wildman–Crippen MR) is 89.1 cm³/mol. The van der Waals surface area contributed by atoms with Crippen LogP contribution in [0.25, 0.3) is 0 Å². The zero-order chi connectivity index (χ0) is 16.3. The molecule has 0 radical (unpaired) electrons. The van der Waals surface area contributed by atoms with Gasteiger partial charge in [-0.2, -0.15) is 0 Å². The lowest BCUT2D eigenvalue weighted by atomic mass is 10.1. The van der Waals surface area contributed by atoms with E-state index in [0.29, 0.717) is 17.9 Å². The van der Waals surface area contributed by atoms with Gasteiger partial charge >= 0.3 is 6.03 Å². The van der Waals surface area contributed by atoms with Crippen LogP contribution in [0.5, 0.6) is 0 Å². The normalized spacial score (nSPS) is 15.5. The zero-order valence-corrected chi connectivity index (χ0v) is 13.4. The van der Waals surface area contributed by atoms with Gasteiger partial charge in [-0.1, -0.05) is 30.3 Å². The average molecular weight is 330 g/mol. The third kappa shape index (κ3) is 3.71. The maximum atomic E-state index is 12.0. The summed E-state index contributed by atoms with van der Waals surface area (Å²) in [5.41, 5.74) is 2.46. The Balaban J connectivity index is 1.64. The fourth-order valence-corrected chi connectivity index (χ4v) is 4.26. The Hall–Kier alpha value is -2.34. The van der Waals surface area contributed by atoms with Gasteiger partial charge in [0.25, 0.3) is 0 Å². The number of fused-ring (bicyclic) bond motifs is 1. The molecule has 6 heteroatoms. The summed E-state index contributed by atoms with van der Waals surface area (Å²) in [6, 6.07) is 14.2. The SMILES string of the molecule is O=C(NCc1ccc2c(c1)CCCS2(=O)=O)Nc1ccccc1. The third-order valence-corrected chi connectivity index (χ3v) is 5.70. The Bertz CT molecular complexity index is 817. The van der Waals surface area contributed by atoms with Crippen molar-refractivity contribution in [2.45, 2.75) is 24.3 Å². The molecule has 23 heavy (non-hydrogen) atoms. The van der Waals surface area contributed by atoms with Crippen molar-refractivity contribution in [2.75, 3.05) is 11.1 Å². The summed E-state index contributed by atoms with van der Waals surface area (Å²) in [5.74, 6) is 0.219. The van der Waals surface area contributed by atoms with Crippen molar-refractivity contribution in [3.05, 3.63) is 59.7 Å². The molecule has 2 aromatic rings. The van der Waals surface area contributed by atoms with E-state index in [0.717, 1.165) is 23.2 Å². The van der Waals surface area contributed by atoms with Crippen LogP contribution in [0.15, 0.2) is 53.4 Å². The summed E-state index contributed by atoms with van der Waals surface area (Å²) in [4.78, 5) is 12.3. The number of hydrogen-bond donors (Lipinski definition) is 2. The van der Waals surface area contributed by atoms with Gasteiger partial charge in [0.05, 0.1) is 10.6 Å². The molecule has 0 bridgehead atoms. The molecular weight excluding hydrogens is 312 g/mol. The predicted octanol–water partition coefficient (Wildman–Crippen LogP) is 2.73. The van der Waals surface area contributed by atoms with E-state index < -0.39 is 9.84 Å². The van der Waals surface area contributed by atoms with Crippen molar-refractivity contribution in [2.24, 2.45) is 0 Å².